The van der Waals surface area contributed by atoms with Crippen LogP contribution < -0.4 is 20.1 Å². The second-order valence-electron chi connectivity index (χ2n) is 9.89. The van der Waals surface area contributed by atoms with Gasteiger partial charge in [0.15, 0.2) is 5.75 Å². The number of carbonyl (C=O) groups is 2. The molecule has 0 aliphatic rings. The summed E-state index contributed by atoms with van der Waals surface area (Å²) >= 11 is 2.09. The molecule has 0 bridgehead atoms. The predicted octanol–water partition coefficient (Wildman–Crippen LogP) is 8.16. The highest BCUT2D eigenvalue weighted by atomic mass is 127. The zero-order valence-electron chi connectivity index (χ0n) is 23.7. The Hall–Kier alpha value is -4.61. The number of alkyl halides is 8. The minimum Gasteiger partial charge on any atom is -0.478 e. The fourth-order valence-corrected chi connectivity index (χ4v) is 4.97. The summed E-state index contributed by atoms with van der Waals surface area (Å²) in [4.78, 5) is 29.5. The monoisotopic (exact) mass is 777 g/mol. The summed E-state index contributed by atoms with van der Waals surface area (Å²) < 4.78 is 102. The van der Waals surface area contributed by atoms with Gasteiger partial charge in [-0.25, -0.2) is 9.59 Å². The van der Waals surface area contributed by atoms with Gasteiger partial charge in [-0.05, 0) is 53.1 Å². The molecule has 16 heteroatoms. The van der Waals surface area contributed by atoms with Gasteiger partial charge in [0.1, 0.15) is 11.3 Å². The number of hydrogen-bond donors (Lipinski definition) is 3. The first-order chi connectivity index (χ1) is 22.1. The minimum atomic E-state index is -5.26. The SMILES string of the molecule is O=C(Nc1ccc(C(=O)O)cc1OC(F)(F)F)N[C@@](Cc1ccccc1)(c1cccc(OC(F)(F)C(F)F)c1)c1ccc(CI)cn1. The average molecular weight is 777 g/mol. The van der Waals surface area contributed by atoms with Crippen LogP contribution in [0.15, 0.2) is 91.1 Å². The number of carboxylic acids is 1. The molecule has 1 atom stereocenters. The van der Waals surface area contributed by atoms with Crippen molar-refractivity contribution in [3.8, 4) is 11.5 Å². The topological polar surface area (TPSA) is 110 Å². The van der Waals surface area contributed by atoms with Gasteiger partial charge in [-0.1, -0.05) is 71.1 Å². The zero-order chi connectivity index (χ0) is 34.4. The molecule has 0 fully saturated rings. The Morgan fingerprint density at radius 3 is 2.19 bits per heavy atom. The number of halogens is 8. The van der Waals surface area contributed by atoms with E-state index in [9.17, 15) is 45.4 Å². The van der Waals surface area contributed by atoms with Crippen molar-refractivity contribution in [3.05, 3.63) is 119 Å². The second kappa shape index (κ2) is 14.4. The van der Waals surface area contributed by atoms with Gasteiger partial charge in [-0.2, -0.15) is 17.6 Å². The average Bonchev–Trinajstić information content (AvgIpc) is 3.01. The highest BCUT2D eigenvalue weighted by Gasteiger charge is 2.45. The lowest BCUT2D eigenvalue weighted by Gasteiger charge is -2.36. The summed E-state index contributed by atoms with van der Waals surface area (Å²) in [5.41, 5.74) is -1.42. The molecule has 0 radical (unpaired) electrons. The van der Waals surface area contributed by atoms with Crippen LogP contribution in [0.25, 0.3) is 0 Å². The van der Waals surface area contributed by atoms with E-state index in [0.717, 1.165) is 29.8 Å². The van der Waals surface area contributed by atoms with Crippen LogP contribution in [0.4, 0.5) is 41.2 Å². The number of anilines is 1. The molecule has 3 N–H and O–H groups in total. The predicted molar refractivity (Wildman–Crippen MR) is 163 cm³/mol. The number of ether oxygens (including phenoxy) is 2. The van der Waals surface area contributed by atoms with Gasteiger partial charge in [-0.3, -0.25) is 4.98 Å². The summed E-state index contributed by atoms with van der Waals surface area (Å²) in [6.45, 7) is 0. The Bertz CT molecular complexity index is 1710. The number of carboxylic acid groups (broad SMARTS) is 1. The third-order valence-electron chi connectivity index (χ3n) is 6.59. The van der Waals surface area contributed by atoms with Crippen molar-refractivity contribution in [3.63, 3.8) is 0 Å². The van der Waals surface area contributed by atoms with Crippen molar-refractivity contribution in [1.29, 1.82) is 0 Å². The summed E-state index contributed by atoms with van der Waals surface area (Å²) in [5, 5.41) is 14.1. The molecule has 0 saturated heterocycles. The van der Waals surface area contributed by atoms with E-state index in [1.165, 1.54) is 18.3 Å². The molecule has 0 aliphatic carbocycles. The van der Waals surface area contributed by atoms with Gasteiger partial charge in [-0.15, -0.1) is 13.2 Å². The number of urea groups is 1. The Balaban J connectivity index is 1.86. The number of rotatable bonds is 12. The molecule has 47 heavy (non-hydrogen) atoms. The number of pyridine rings is 1. The number of aromatic carboxylic acids is 1. The summed E-state index contributed by atoms with van der Waals surface area (Å²) in [6, 6.07) is 17.5. The van der Waals surface area contributed by atoms with Gasteiger partial charge in [0.05, 0.1) is 16.9 Å². The molecule has 4 aromatic rings. The Labute approximate surface area is 276 Å². The molecule has 1 heterocycles. The highest BCUT2D eigenvalue weighted by molar-refractivity contribution is 14.1. The van der Waals surface area contributed by atoms with E-state index >= 15 is 0 Å². The standard InChI is InChI=1S/C31H23F7IN3O5/c32-27(33)30(34,35)46-22-8-4-7-21(14-22)29(15-18-5-2-1-3-6-18,25-12-9-19(16-39)17-40-25)42-28(45)41-23-11-10-20(26(43)44)13-24(23)47-31(36,37)38/h1-14,17,27H,15-16H2,(H,43,44)(H2,41,42,45)/t29-/m0/s1. The number of nitrogens with one attached hydrogen (secondary N) is 2. The van der Waals surface area contributed by atoms with Crippen LogP contribution in [0.2, 0.25) is 0 Å². The number of benzene rings is 3. The lowest BCUT2D eigenvalue weighted by Crippen LogP contribution is -2.50. The molecular weight excluding hydrogens is 754 g/mol. The molecule has 8 nitrogen and oxygen atoms in total. The molecule has 0 unspecified atom stereocenters. The third kappa shape index (κ3) is 9.02. The molecule has 0 spiro atoms. The summed E-state index contributed by atoms with van der Waals surface area (Å²) in [6.07, 6.45) is -12.9. The quantitative estimate of drug-likeness (QED) is 0.0762. The first-order valence-electron chi connectivity index (χ1n) is 13.3. The highest BCUT2D eigenvalue weighted by Crippen LogP contribution is 2.37. The Morgan fingerprint density at radius 2 is 1.60 bits per heavy atom. The molecule has 4 rings (SSSR count). The fourth-order valence-electron chi connectivity index (χ4n) is 4.52. The lowest BCUT2D eigenvalue weighted by molar-refractivity contribution is -0.274. The van der Waals surface area contributed by atoms with E-state index in [1.807, 2.05) is 0 Å². The van der Waals surface area contributed by atoms with E-state index in [-0.39, 0.29) is 17.7 Å². The second-order valence-corrected chi connectivity index (χ2v) is 10.7. The molecule has 0 saturated carbocycles. The van der Waals surface area contributed by atoms with E-state index in [1.54, 1.807) is 42.5 Å². The van der Waals surface area contributed by atoms with Gasteiger partial charge in [0, 0.05) is 17.0 Å². The van der Waals surface area contributed by atoms with Crippen molar-refractivity contribution in [1.82, 2.24) is 10.3 Å². The van der Waals surface area contributed by atoms with E-state index in [2.05, 4.69) is 47.7 Å². The number of nitrogens with zero attached hydrogens (tertiary/aromatic N) is 1. The maximum atomic E-state index is 13.9. The van der Waals surface area contributed by atoms with Crippen LogP contribution in [0.1, 0.15) is 32.7 Å². The maximum Gasteiger partial charge on any atom is 0.573 e. The van der Waals surface area contributed by atoms with Gasteiger partial charge in [0.2, 0.25) is 0 Å². The van der Waals surface area contributed by atoms with Gasteiger partial charge in [0.25, 0.3) is 0 Å². The number of amides is 2. The summed E-state index contributed by atoms with van der Waals surface area (Å²) in [7, 11) is 0. The van der Waals surface area contributed by atoms with Gasteiger partial charge >= 0.3 is 30.9 Å². The van der Waals surface area contributed by atoms with Crippen molar-refractivity contribution in [2.75, 3.05) is 5.32 Å². The van der Waals surface area contributed by atoms with Crippen molar-refractivity contribution in [2.45, 2.75) is 35.3 Å². The first-order valence-corrected chi connectivity index (χ1v) is 14.9. The van der Waals surface area contributed by atoms with E-state index in [0.29, 0.717) is 16.1 Å². The smallest absolute Gasteiger partial charge is 0.478 e. The third-order valence-corrected chi connectivity index (χ3v) is 7.47. The minimum absolute atomic E-state index is 0.0294. The van der Waals surface area contributed by atoms with Crippen LogP contribution in [0.3, 0.4) is 0 Å². The van der Waals surface area contributed by atoms with Crippen LogP contribution in [-0.2, 0) is 16.4 Å². The molecule has 0 aliphatic heterocycles. The number of aromatic nitrogens is 1. The first kappa shape index (κ1) is 35.2. The maximum absolute atomic E-state index is 13.9. The largest absolute Gasteiger partial charge is 0.573 e. The lowest BCUT2D eigenvalue weighted by atomic mass is 9.80. The van der Waals surface area contributed by atoms with Crippen LogP contribution in [-0.4, -0.2) is 41.0 Å². The molecule has 2 amide bonds. The Kier molecular flexibility index (Phi) is 10.8. The summed E-state index contributed by atoms with van der Waals surface area (Å²) in [5.74, 6) is -3.27. The van der Waals surface area contributed by atoms with Crippen molar-refractivity contribution in [2.24, 2.45) is 0 Å². The Morgan fingerprint density at radius 1 is 0.872 bits per heavy atom. The van der Waals surface area contributed by atoms with Crippen molar-refractivity contribution >= 4 is 40.3 Å². The van der Waals surface area contributed by atoms with E-state index < -0.39 is 59.2 Å². The van der Waals surface area contributed by atoms with Crippen LogP contribution in [0, 0.1) is 0 Å². The number of carbonyl (C=O) groups excluding carboxylic acids is 1. The van der Waals surface area contributed by atoms with Gasteiger partial charge < -0.3 is 25.2 Å². The van der Waals surface area contributed by atoms with Crippen molar-refractivity contribution < 1.29 is 54.9 Å². The molecule has 1 aromatic heterocycles. The number of hydrogen-bond acceptors (Lipinski definition) is 5. The normalized spacial score (nSPS) is 13.0. The van der Waals surface area contributed by atoms with E-state index in [4.69, 9.17) is 0 Å². The molecule has 3 aromatic carbocycles. The zero-order valence-corrected chi connectivity index (χ0v) is 25.9. The molecular formula is C31H23F7IN3O5. The van der Waals surface area contributed by atoms with Crippen LogP contribution in [0.5, 0.6) is 11.5 Å². The fraction of sp³-hybridized carbons (Fsp3) is 0.194. The van der Waals surface area contributed by atoms with Crippen LogP contribution >= 0.6 is 22.6 Å². The molecule has 248 valence electrons.